The normalized spacial score (nSPS) is 13.2. The maximum absolute atomic E-state index is 12.3. The number of amides is 6. The third-order valence-corrected chi connectivity index (χ3v) is 4.70. The lowest BCUT2D eigenvalue weighted by Gasteiger charge is -2.18. The third kappa shape index (κ3) is 9.45. The first-order valence-corrected chi connectivity index (χ1v) is 10.6. The summed E-state index contributed by atoms with van der Waals surface area (Å²) in [6.45, 7) is -1.69. The molecule has 0 saturated heterocycles. The van der Waals surface area contributed by atoms with Crippen LogP contribution in [0.4, 0.5) is 0 Å². The number of carboxylic acids is 1. The van der Waals surface area contributed by atoms with Crippen LogP contribution in [-0.2, 0) is 40.0 Å². The first kappa shape index (κ1) is 26.7. The molecule has 0 saturated carbocycles. The highest BCUT2D eigenvalue weighted by Crippen LogP contribution is 2.04. The Labute approximate surface area is 199 Å². The summed E-state index contributed by atoms with van der Waals surface area (Å²) >= 11 is 0. The maximum atomic E-state index is 12.3. The van der Waals surface area contributed by atoms with E-state index in [9.17, 15) is 33.6 Å². The Bertz CT molecular complexity index is 1010. The van der Waals surface area contributed by atoms with Gasteiger partial charge in [-0.25, -0.2) is 0 Å². The van der Waals surface area contributed by atoms with Crippen LogP contribution in [0.1, 0.15) is 12.0 Å². The minimum Gasteiger partial charge on any atom is -0.480 e. The fourth-order valence-electron chi connectivity index (χ4n) is 2.96. The van der Waals surface area contributed by atoms with Gasteiger partial charge in [0.1, 0.15) is 12.6 Å². The average molecular weight is 487 g/mol. The average Bonchev–Trinajstić information content (AvgIpc) is 3.15. The van der Waals surface area contributed by atoms with E-state index in [1.807, 2.05) is 0 Å². The molecule has 1 aromatic carbocycles. The van der Waals surface area contributed by atoms with Crippen LogP contribution in [0.2, 0.25) is 0 Å². The molecule has 0 aliphatic carbocycles. The summed E-state index contributed by atoms with van der Waals surface area (Å²) in [6, 6.07) is 7.66. The zero-order chi connectivity index (χ0) is 25.8. The van der Waals surface area contributed by atoms with Crippen LogP contribution in [0, 0.1) is 0 Å². The van der Waals surface area contributed by atoms with Crippen molar-refractivity contribution in [3.63, 3.8) is 0 Å². The van der Waals surface area contributed by atoms with Gasteiger partial charge in [0.25, 0.3) is 11.8 Å². The summed E-state index contributed by atoms with van der Waals surface area (Å²) in [5, 5.41) is 18.0. The summed E-state index contributed by atoms with van der Waals surface area (Å²) < 4.78 is 0. The number of rotatable bonds is 13. The number of nitrogens with zero attached hydrogens (tertiary/aromatic N) is 1. The third-order valence-electron chi connectivity index (χ3n) is 4.70. The van der Waals surface area contributed by atoms with Gasteiger partial charge in [0.15, 0.2) is 0 Å². The molecule has 35 heavy (non-hydrogen) atoms. The highest BCUT2D eigenvalue weighted by molar-refractivity contribution is 6.13. The van der Waals surface area contributed by atoms with Gasteiger partial charge in [-0.2, -0.15) is 0 Å². The molecule has 0 aromatic heterocycles. The number of carbonyl (C=O) groups excluding carboxylic acids is 6. The maximum Gasteiger partial charge on any atom is 0.322 e. The van der Waals surface area contributed by atoms with Crippen LogP contribution in [0.15, 0.2) is 42.5 Å². The van der Waals surface area contributed by atoms with Crippen molar-refractivity contribution in [1.82, 2.24) is 26.2 Å². The number of aliphatic carboxylic acids is 1. The van der Waals surface area contributed by atoms with Crippen molar-refractivity contribution in [1.29, 1.82) is 0 Å². The quantitative estimate of drug-likeness (QED) is 0.188. The van der Waals surface area contributed by atoms with Gasteiger partial charge in [-0.3, -0.25) is 38.5 Å². The molecule has 0 bridgehead atoms. The number of carbonyl (C=O) groups is 7. The predicted octanol–water partition coefficient (Wildman–Crippen LogP) is -2.54. The zero-order valence-corrected chi connectivity index (χ0v) is 18.6. The van der Waals surface area contributed by atoms with Crippen molar-refractivity contribution in [3.05, 3.63) is 48.0 Å². The topological polar surface area (TPSA) is 191 Å². The molecule has 186 valence electrons. The molecule has 1 aromatic rings. The monoisotopic (exact) mass is 487 g/mol. The molecular weight excluding hydrogens is 462 g/mol. The van der Waals surface area contributed by atoms with E-state index >= 15 is 0 Å². The van der Waals surface area contributed by atoms with E-state index < -0.39 is 67.1 Å². The molecule has 2 rings (SSSR count). The number of hydrogen-bond acceptors (Lipinski definition) is 7. The van der Waals surface area contributed by atoms with Gasteiger partial charge in [-0.05, 0) is 5.56 Å². The summed E-state index contributed by atoms with van der Waals surface area (Å²) in [6.07, 6.45) is 2.09. The fourth-order valence-corrected chi connectivity index (χ4v) is 2.96. The molecular formula is C22H25N5O8. The molecule has 0 fully saturated rings. The molecule has 1 aliphatic rings. The minimum absolute atomic E-state index is 0.0968. The van der Waals surface area contributed by atoms with Crippen molar-refractivity contribution in [2.45, 2.75) is 18.9 Å². The standard InChI is InChI=1S/C22H25N5O8/c28-16(8-9-27-19(31)6-7-20(27)32)23-11-17(29)24-12-18(30)26-15(22(35)25-13-21(33)34)10-14-4-2-1-3-5-14/h1-7,15H,8-13H2,(H,23,28)(H,24,29)(H,25,35)(H,26,30)(H,33,34). The van der Waals surface area contributed by atoms with Crippen molar-refractivity contribution < 1.29 is 38.7 Å². The minimum atomic E-state index is -1.24. The highest BCUT2D eigenvalue weighted by Gasteiger charge is 2.24. The second-order valence-corrected chi connectivity index (χ2v) is 7.39. The van der Waals surface area contributed by atoms with E-state index in [0.717, 1.165) is 22.6 Å². The number of hydrogen-bond donors (Lipinski definition) is 5. The highest BCUT2D eigenvalue weighted by atomic mass is 16.4. The van der Waals surface area contributed by atoms with Crippen molar-refractivity contribution in [2.24, 2.45) is 0 Å². The molecule has 13 heteroatoms. The predicted molar refractivity (Wildman–Crippen MR) is 119 cm³/mol. The first-order chi connectivity index (χ1) is 16.7. The van der Waals surface area contributed by atoms with E-state index in [1.54, 1.807) is 30.3 Å². The Kier molecular flexibility index (Phi) is 10.1. The molecule has 6 amide bonds. The molecule has 1 heterocycles. The Morgan fingerprint density at radius 3 is 2.03 bits per heavy atom. The molecule has 13 nitrogen and oxygen atoms in total. The molecule has 0 radical (unpaired) electrons. The summed E-state index contributed by atoms with van der Waals surface area (Å²) in [7, 11) is 0. The van der Waals surface area contributed by atoms with Gasteiger partial charge in [0, 0.05) is 31.5 Å². The second-order valence-electron chi connectivity index (χ2n) is 7.39. The van der Waals surface area contributed by atoms with Crippen LogP contribution < -0.4 is 21.3 Å². The number of benzene rings is 1. The number of carboxylic acid groups (broad SMARTS) is 1. The Morgan fingerprint density at radius 2 is 1.40 bits per heavy atom. The largest absolute Gasteiger partial charge is 0.480 e. The molecule has 0 spiro atoms. The number of nitrogens with one attached hydrogen (secondary N) is 4. The lowest BCUT2D eigenvalue weighted by atomic mass is 10.1. The van der Waals surface area contributed by atoms with Gasteiger partial charge in [-0.15, -0.1) is 0 Å². The van der Waals surface area contributed by atoms with E-state index in [-0.39, 0.29) is 19.4 Å². The Balaban J connectivity index is 1.76. The Hall–Kier alpha value is -4.55. The van der Waals surface area contributed by atoms with E-state index in [1.165, 1.54) is 0 Å². The number of imide groups is 1. The van der Waals surface area contributed by atoms with Gasteiger partial charge in [0.05, 0.1) is 13.1 Å². The SMILES string of the molecule is O=C(O)CNC(=O)C(Cc1ccccc1)NC(=O)CNC(=O)CNC(=O)CCN1C(=O)C=CC1=O. The van der Waals surface area contributed by atoms with E-state index in [4.69, 9.17) is 5.11 Å². The summed E-state index contributed by atoms with van der Waals surface area (Å²) in [4.78, 5) is 82.8. The molecule has 1 atom stereocenters. The smallest absolute Gasteiger partial charge is 0.322 e. The summed E-state index contributed by atoms with van der Waals surface area (Å²) in [5.74, 6) is -4.94. The summed E-state index contributed by atoms with van der Waals surface area (Å²) in [5.41, 5.74) is 0.725. The molecule has 1 unspecified atom stereocenters. The van der Waals surface area contributed by atoms with Crippen LogP contribution >= 0.6 is 0 Å². The molecule has 5 N–H and O–H groups in total. The fraction of sp³-hybridized carbons (Fsp3) is 0.318. The van der Waals surface area contributed by atoms with Crippen LogP contribution in [-0.4, -0.2) is 83.6 Å². The van der Waals surface area contributed by atoms with Crippen LogP contribution in [0.3, 0.4) is 0 Å². The van der Waals surface area contributed by atoms with E-state index in [2.05, 4.69) is 21.3 Å². The lowest BCUT2D eigenvalue weighted by molar-refractivity contribution is -0.138. The van der Waals surface area contributed by atoms with Crippen molar-refractivity contribution >= 4 is 41.4 Å². The second kappa shape index (κ2) is 13.2. The van der Waals surface area contributed by atoms with Gasteiger partial charge >= 0.3 is 5.97 Å². The van der Waals surface area contributed by atoms with E-state index in [0.29, 0.717) is 0 Å². The Morgan fingerprint density at radius 1 is 0.800 bits per heavy atom. The van der Waals surface area contributed by atoms with Crippen LogP contribution in [0.5, 0.6) is 0 Å². The zero-order valence-electron chi connectivity index (χ0n) is 18.6. The van der Waals surface area contributed by atoms with Gasteiger partial charge in [-0.1, -0.05) is 30.3 Å². The lowest BCUT2D eigenvalue weighted by Crippen LogP contribution is -2.51. The molecule has 1 aliphatic heterocycles. The van der Waals surface area contributed by atoms with Gasteiger partial charge < -0.3 is 26.4 Å². The van der Waals surface area contributed by atoms with Crippen LogP contribution in [0.25, 0.3) is 0 Å². The van der Waals surface area contributed by atoms with Gasteiger partial charge in [0.2, 0.25) is 23.6 Å². The van der Waals surface area contributed by atoms with Crippen molar-refractivity contribution in [3.8, 4) is 0 Å². The first-order valence-electron chi connectivity index (χ1n) is 10.6. The van der Waals surface area contributed by atoms with Crippen molar-refractivity contribution in [2.75, 3.05) is 26.2 Å².